The maximum Gasteiger partial charge on any atom is 0.329 e. The van der Waals surface area contributed by atoms with Crippen molar-refractivity contribution in [1.82, 2.24) is 9.88 Å². The molecular weight excluding hydrogens is 336 g/mol. The monoisotopic (exact) mass is 358 g/mol. The fourth-order valence-corrected chi connectivity index (χ4v) is 4.15. The van der Waals surface area contributed by atoms with Crippen LogP contribution in [0.2, 0.25) is 0 Å². The van der Waals surface area contributed by atoms with Crippen LogP contribution in [0.4, 0.5) is 0 Å². The first kappa shape index (κ1) is 17.6. The summed E-state index contributed by atoms with van der Waals surface area (Å²) >= 11 is 1.56. The van der Waals surface area contributed by atoms with Crippen molar-refractivity contribution in [2.45, 2.75) is 44.6 Å². The van der Waals surface area contributed by atoms with Crippen molar-refractivity contribution in [2.75, 3.05) is 7.05 Å². The number of carbonyl (C=O) groups is 2. The van der Waals surface area contributed by atoms with Gasteiger partial charge in [0.05, 0.1) is 10.7 Å². The van der Waals surface area contributed by atoms with E-state index in [-0.39, 0.29) is 5.91 Å². The second-order valence-electron chi connectivity index (χ2n) is 6.59. The Balaban J connectivity index is 1.90. The standard InChI is InChI=1S/C19H22N2O3S/c1-13-20-16(12-25-13)14-7-6-8-15(11-14)17(22)21(2)19(18(23)24)9-4-3-5-10-19/h6-8,11-12H,3-5,9-10H2,1-2H3,(H,23,24). The minimum Gasteiger partial charge on any atom is -0.479 e. The molecule has 3 rings (SSSR count). The lowest BCUT2D eigenvalue weighted by molar-refractivity contribution is -0.151. The summed E-state index contributed by atoms with van der Waals surface area (Å²) in [7, 11) is 1.61. The first-order chi connectivity index (χ1) is 11.9. The van der Waals surface area contributed by atoms with Crippen molar-refractivity contribution in [3.63, 3.8) is 0 Å². The molecule has 1 aromatic carbocycles. The number of rotatable bonds is 4. The van der Waals surface area contributed by atoms with Crippen LogP contribution < -0.4 is 0 Å². The van der Waals surface area contributed by atoms with Gasteiger partial charge < -0.3 is 10.0 Å². The molecule has 0 bridgehead atoms. The van der Waals surface area contributed by atoms with Gasteiger partial charge in [-0.15, -0.1) is 11.3 Å². The van der Waals surface area contributed by atoms with Gasteiger partial charge in [-0.3, -0.25) is 4.79 Å². The van der Waals surface area contributed by atoms with Crippen molar-refractivity contribution in [3.05, 3.63) is 40.2 Å². The van der Waals surface area contributed by atoms with Gasteiger partial charge in [-0.05, 0) is 31.9 Å². The molecule has 6 heteroatoms. The summed E-state index contributed by atoms with van der Waals surface area (Å²) in [5, 5.41) is 12.7. The van der Waals surface area contributed by atoms with E-state index in [9.17, 15) is 14.7 Å². The largest absolute Gasteiger partial charge is 0.479 e. The Hall–Kier alpha value is -2.21. The van der Waals surface area contributed by atoms with Crippen LogP contribution in [0.3, 0.4) is 0 Å². The van der Waals surface area contributed by atoms with Crippen LogP contribution in [0.1, 0.15) is 47.5 Å². The number of aryl methyl sites for hydroxylation is 1. The van der Waals surface area contributed by atoms with E-state index in [2.05, 4.69) is 4.98 Å². The fourth-order valence-electron chi connectivity index (χ4n) is 3.53. The van der Waals surface area contributed by atoms with Crippen molar-refractivity contribution in [3.8, 4) is 11.3 Å². The molecule has 0 saturated heterocycles. The van der Waals surface area contributed by atoms with Crippen molar-refractivity contribution < 1.29 is 14.7 Å². The lowest BCUT2D eigenvalue weighted by Gasteiger charge is -2.41. The minimum atomic E-state index is -1.09. The Morgan fingerprint density at radius 3 is 2.56 bits per heavy atom. The molecule has 2 aromatic rings. The molecule has 0 spiro atoms. The van der Waals surface area contributed by atoms with E-state index in [1.807, 2.05) is 24.4 Å². The molecule has 25 heavy (non-hydrogen) atoms. The number of amides is 1. The lowest BCUT2D eigenvalue weighted by atomic mass is 9.80. The maximum absolute atomic E-state index is 13.0. The Labute approximate surface area is 151 Å². The lowest BCUT2D eigenvalue weighted by Crippen LogP contribution is -2.56. The number of benzene rings is 1. The average Bonchev–Trinajstić information content (AvgIpc) is 3.07. The molecule has 132 valence electrons. The fraction of sp³-hybridized carbons (Fsp3) is 0.421. The van der Waals surface area contributed by atoms with E-state index in [4.69, 9.17) is 0 Å². The molecule has 0 radical (unpaired) electrons. The topological polar surface area (TPSA) is 70.5 Å². The molecule has 1 aliphatic rings. The molecule has 1 fully saturated rings. The third kappa shape index (κ3) is 3.31. The van der Waals surface area contributed by atoms with Gasteiger partial charge in [-0.2, -0.15) is 0 Å². The number of hydrogen-bond acceptors (Lipinski definition) is 4. The first-order valence-electron chi connectivity index (χ1n) is 8.48. The predicted octanol–water partition coefficient (Wildman–Crippen LogP) is 3.98. The van der Waals surface area contributed by atoms with Crippen LogP contribution in [-0.2, 0) is 4.79 Å². The SMILES string of the molecule is Cc1nc(-c2cccc(C(=O)N(C)C3(C(=O)O)CCCCC3)c2)cs1. The highest BCUT2D eigenvalue weighted by Gasteiger charge is 2.45. The molecule has 1 aromatic heterocycles. The summed E-state index contributed by atoms with van der Waals surface area (Å²) in [5.41, 5.74) is 1.11. The highest BCUT2D eigenvalue weighted by molar-refractivity contribution is 7.09. The summed E-state index contributed by atoms with van der Waals surface area (Å²) in [6.07, 6.45) is 3.71. The maximum atomic E-state index is 13.0. The number of carboxylic acid groups (broad SMARTS) is 1. The molecule has 5 nitrogen and oxygen atoms in total. The summed E-state index contributed by atoms with van der Waals surface area (Å²) in [6.45, 7) is 1.94. The molecule has 0 atom stereocenters. The van der Waals surface area contributed by atoms with Gasteiger partial charge in [-0.1, -0.05) is 31.4 Å². The van der Waals surface area contributed by atoms with Gasteiger partial charge in [0.25, 0.3) is 5.91 Å². The van der Waals surface area contributed by atoms with Gasteiger partial charge in [0, 0.05) is 23.6 Å². The summed E-state index contributed by atoms with van der Waals surface area (Å²) < 4.78 is 0. The third-order valence-electron chi connectivity index (χ3n) is 5.05. The highest BCUT2D eigenvalue weighted by atomic mass is 32.1. The van der Waals surface area contributed by atoms with Crippen LogP contribution in [0, 0.1) is 6.92 Å². The summed E-state index contributed by atoms with van der Waals surface area (Å²) in [4.78, 5) is 30.8. The zero-order valence-corrected chi connectivity index (χ0v) is 15.3. The molecular formula is C19H22N2O3S. The second-order valence-corrected chi connectivity index (χ2v) is 7.66. The number of carbonyl (C=O) groups excluding carboxylic acids is 1. The number of thiazole rings is 1. The van der Waals surface area contributed by atoms with Gasteiger partial charge in [-0.25, -0.2) is 9.78 Å². The van der Waals surface area contributed by atoms with Crippen LogP contribution in [0.15, 0.2) is 29.6 Å². The molecule has 0 unspecified atom stereocenters. The number of aliphatic carboxylic acids is 1. The Bertz CT molecular complexity index is 793. The van der Waals surface area contributed by atoms with E-state index in [0.29, 0.717) is 18.4 Å². The van der Waals surface area contributed by atoms with Crippen molar-refractivity contribution in [2.24, 2.45) is 0 Å². The normalized spacial score (nSPS) is 16.4. The quantitative estimate of drug-likeness (QED) is 0.897. The predicted molar refractivity (Wildman–Crippen MR) is 97.8 cm³/mol. The number of likely N-dealkylation sites (N-methyl/N-ethyl adjacent to an activating group) is 1. The number of hydrogen-bond donors (Lipinski definition) is 1. The smallest absolute Gasteiger partial charge is 0.329 e. The van der Waals surface area contributed by atoms with Gasteiger partial charge >= 0.3 is 5.97 Å². The van der Waals surface area contributed by atoms with E-state index >= 15 is 0 Å². The highest BCUT2D eigenvalue weighted by Crippen LogP contribution is 2.34. The molecule has 0 aliphatic heterocycles. The number of carboxylic acids is 1. The third-order valence-corrected chi connectivity index (χ3v) is 5.82. The Morgan fingerprint density at radius 2 is 1.96 bits per heavy atom. The molecule has 1 aliphatic carbocycles. The zero-order chi connectivity index (χ0) is 18.0. The summed E-state index contributed by atoms with van der Waals surface area (Å²) in [5.74, 6) is -1.16. The summed E-state index contributed by atoms with van der Waals surface area (Å²) in [6, 6.07) is 7.27. The van der Waals surface area contributed by atoms with Crippen LogP contribution in [0.5, 0.6) is 0 Å². The number of aromatic nitrogens is 1. The molecule has 1 saturated carbocycles. The molecule has 1 N–H and O–H groups in total. The Morgan fingerprint density at radius 1 is 1.24 bits per heavy atom. The first-order valence-corrected chi connectivity index (χ1v) is 9.36. The van der Waals surface area contributed by atoms with E-state index in [1.165, 1.54) is 4.90 Å². The van der Waals surface area contributed by atoms with E-state index < -0.39 is 11.5 Å². The van der Waals surface area contributed by atoms with Crippen LogP contribution >= 0.6 is 11.3 Å². The van der Waals surface area contributed by atoms with Crippen molar-refractivity contribution in [1.29, 1.82) is 0 Å². The second kappa shape index (κ2) is 6.96. The van der Waals surface area contributed by atoms with Crippen molar-refractivity contribution >= 4 is 23.2 Å². The molecule has 1 heterocycles. The number of nitrogens with zero attached hydrogens (tertiary/aromatic N) is 2. The minimum absolute atomic E-state index is 0.252. The Kier molecular flexibility index (Phi) is 4.90. The average molecular weight is 358 g/mol. The molecule has 1 amide bonds. The van der Waals surface area contributed by atoms with Crippen LogP contribution in [-0.4, -0.2) is 39.5 Å². The van der Waals surface area contributed by atoms with E-state index in [0.717, 1.165) is 35.5 Å². The van der Waals surface area contributed by atoms with E-state index in [1.54, 1.807) is 30.5 Å². The van der Waals surface area contributed by atoms with Crippen LogP contribution in [0.25, 0.3) is 11.3 Å². The van der Waals surface area contributed by atoms with Gasteiger partial charge in [0.1, 0.15) is 5.54 Å². The van der Waals surface area contributed by atoms with Gasteiger partial charge in [0.2, 0.25) is 0 Å². The zero-order valence-electron chi connectivity index (χ0n) is 14.5. The van der Waals surface area contributed by atoms with Gasteiger partial charge in [0.15, 0.2) is 0 Å².